The van der Waals surface area contributed by atoms with E-state index in [4.69, 9.17) is 8.42 Å². The Hall–Kier alpha value is 0.363. The van der Waals surface area contributed by atoms with Crippen LogP contribution in [0.3, 0.4) is 0 Å². The van der Waals surface area contributed by atoms with Crippen LogP contribution in [0.2, 0.25) is 0 Å². The van der Waals surface area contributed by atoms with E-state index in [1.54, 1.807) is 0 Å². The van der Waals surface area contributed by atoms with E-state index < -0.39 is 16.2 Å². The summed E-state index contributed by atoms with van der Waals surface area (Å²) in [7, 11) is -3.93. The molecular weight excluding hydrogens is 236 g/mol. The van der Waals surface area contributed by atoms with Gasteiger partial charge in [0.2, 0.25) is 0 Å². The maximum Gasteiger partial charge on any atom is 0.373 e. The maximum atomic E-state index is 10.6. The van der Waals surface area contributed by atoms with Crippen molar-refractivity contribution in [1.82, 2.24) is 0 Å². The smallest absolute Gasteiger partial charge is 0.373 e. The third-order valence-electron chi connectivity index (χ3n) is 0.189. The van der Waals surface area contributed by atoms with Crippen LogP contribution in [0.25, 0.3) is 0 Å². The van der Waals surface area contributed by atoms with Gasteiger partial charge in [0.15, 0.2) is 0 Å². The Balaban J connectivity index is 0. The summed E-state index contributed by atoms with van der Waals surface area (Å²) in [5, 5.41) is 0. The van der Waals surface area contributed by atoms with Crippen molar-refractivity contribution in [2.24, 2.45) is 0 Å². The van der Waals surface area contributed by atoms with Crippen molar-refractivity contribution in [1.29, 1.82) is 0 Å². The molecule has 0 saturated carbocycles. The third-order valence-corrected chi connectivity index (χ3v) is 0.567. The molecule has 0 aromatic heterocycles. The van der Waals surface area contributed by atoms with E-state index in [0.717, 1.165) is 0 Å². The molecule has 0 fully saturated rings. The molecule has 53 valence electrons. The van der Waals surface area contributed by atoms with Crippen LogP contribution < -0.4 is 0 Å². The Bertz CT molecular complexity index is 118. The van der Waals surface area contributed by atoms with Gasteiger partial charge < -0.3 is 8.42 Å². The number of halogens is 3. The van der Waals surface area contributed by atoms with Gasteiger partial charge in [0.1, 0.15) is 0 Å². The average Bonchev–Trinajstić information content (AvgIpc) is 1.31. The first-order valence-corrected chi connectivity index (χ1v) is 2.18. The van der Waals surface area contributed by atoms with E-state index in [2.05, 4.69) is 0 Å². The number of hydrogen-bond donors (Lipinski definition) is 0. The predicted octanol–water partition coefficient (Wildman–Crippen LogP) is 0.813. The molecular formula is CF3O2RhS-. The molecule has 0 heterocycles. The zero-order valence-corrected chi connectivity index (χ0v) is 5.65. The van der Waals surface area contributed by atoms with Gasteiger partial charge in [0, 0.05) is 30.2 Å². The molecule has 0 aliphatic rings. The van der Waals surface area contributed by atoms with Gasteiger partial charge in [0.05, 0.1) is 0 Å². The van der Waals surface area contributed by atoms with Gasteiger partial charge in [-0.3, -0.25) is 0 Å². The van der Waals surface area contributed by atoms with Crippen LogP contribution in [-0.2, 0) is 38.6 Å². The first-order valence-electron chi connectivity index (χ1n) is 1.10. The van der Waals surface area contributed by atoms with Crippen LogP contribution in [0.15, 0.2) is 0 Å². The monoisotopic (exact) mass is 236 g/mol. The second-order valence-corrected chi connectivity index (χ2v) is 1.61. The molecule has 7 heteroatoms. The third kappa shape index (κ3) is 4.52. The summed E-state index contributed by atoms with van der Waals surface area (Å²) in [6.07, 6.45) is 0. The summed E-state index contributed by atoms with van der Waals surface area (Å²) in [6, 6.07) is 0. The minimum Gasteiger partial charge on any atom is -0.416 e. The van der Waals surface area contributed by atoms with Gasteiger partial charge in [-0.25, -0.2) is 0 Å². The van der Waals surface area contributed by atoms with E-state index in [1.807, 2.05) is 0 Å². The molecule has 0 atom stereocenters. The first-order chi connectivity index (χ1) is 2.94. The molecule has 0 unspecified atom stereocenters. The second kappa shape index (κ2) is 3.40. The van der Waals surface area contributed by atoms with Gasteiger partial charge in [-0.05, 0) is 0 Å². The van der Waals surface area contributed by atoms with Crippen molar-refractivity contribution >= 4 is 10.7 Å². The summed E-state index contributed by atoms with van der Waals surface area (Å²) in [4.78, 5) is 0. The zero-order chi connectivity index (χ0) is 6.08. The molecule has 0 rings (SSSR count). The molecule has 0 aliphatic carbocycles. The molecule has 2 nitrogen and oxygen atoms in total. The van der Waals surface area contributed by atoms with Gasteiger partial charge >= 0.3 is 5.51 Å². The molecule has 1 radical (unpaired) electrons. The molecule has 0 amide bonds. The van der Waals surface area contributed by atoms with Crippen LogP contribution >= 0.6 is 0 Å². The first kappa shape index (κ1) is 11.2. The van der Waals surface area contributed by atoms with Gasteiger partial charge in [-0.15, -0.1) is 0 Å². The Labute approximate surface area is 57.8 Å². The van der Waals surface area contributed by atoms with Crippen molar-refractivity contribution < 1.29 is 41.1 Å². The molecule has 0 N–H and O–H groups in total. The van der Waals surface area contributed by atoms with Crippen molar-refractivity contribution in [3.8, 4) is 0 Å². The molecule has 8 heavy (non-hydrogen) atoms. The fourth-order valence-electron chi connectivity index (χ4n) is 0. The van der Waals surface area contributed by atoms with Crippen molar-refractivity contribution in [3.05, 3.63) is 0 Å². The fraction of sp³-hybridized carbons (Fsp3) is 1.00. The Morgan fingerprint density at radius 3 is 1.25 bits per heavy atom. The van der Waals surface area contributed by atoms with E-state index in [1.165, 1.54) is 0 Å². The predicted molar refractivity (Wildman–Crippen MR) is 14.8 cm³/mol. The maximum absolute atomic E-state index is 10.6. The zero-order valence-electron chi connectivity index (χ0n) is 3.19. The van der Waals surface area contributed by atoms with Crippen molar-refractivity contribution in [2.75, 3.05) is 0 Å². The number of alkyl halides is 3. The minimum absolute atomic E-state index is 0. The average molecular weight is 236 g/mol. The quantitative estimate of drug-likeness (QED) is 0.460. The number of rotatable bonds is 0. The minimum atomic E-state index is -5.08. The summed E-state index contributed by atoms with van der Waals surface area (Å²) in [5.74, 6) is 0. The second-order valence-electron chi connectivity index (χ2n) is 0.680. The van der Waals surface area contributed by atoms with Crippen molar-refractivity contribution in [3.63, 3.8) is 0 Å². The normalized spacial score (nSPS) is 11.0. The summed E-state index contributed by atoms with van der Waals surface area (Å²) >= 11 is 0. The SMILES string of the molecule is O=[S-](=O)C(F)(F)F.[Rh]. The largest absolute Gasteiger partial charge is 0.416 e. The topological polar surface area (TPSA) is 34.1 Å². The van der Waals surface area contributed by atoms with Crippen LogP contribution in [0.4, 0.5) is 13.2 Å². The van der Waals surface area contributed by atoms with E-state index in [-0.39, 0.29) is 19.5 Å². The molecule has 0 aliphatic heterocycles. The van der Waals surface area contributed by atoms with Crippen LogP contribution in [0, 0.1) is 0 Å². The Kier molecular flexibility index (Phi) is 4.76. The molecule has 0 aromatic carbocycles. The number of hydrogen-bond acceptors (Lipinski definition) is 3. The van der Waals surface area contributed by atoms with Crippen LogP contribution in [0.1, 0.15) is 0 Å². The van der Waals surface area contributed by atoms with Gasteiger partial charge in [0.25, 0.3) is 0 Å². The Morgan fingerprint density at radius 1 is 1.12 bits per heavy atom. The van der Waals surface area contributed by atoms with E-state index in [0.29, 0.717) is 0 Å². The van der Waals surface area contributed by atoms with Gasteiger partial charge in [-0.1, -0.05) is 0 Å². The van der Waals surface area contributed by atoms with E-state index >= 15 is 0 Å². The molecule has 0 spiro atoms. The summed E-state index contributed by atoms with van der Waals surface area (Å²) in [6.45, 7) is 0. The van der Waals surface area contributed by atoms with Crippen LogP contribution in [-0.4, -0.2) is 5.51 Å². The molecule has 0 saturated heterocycles. The van der Waals surface area contributed by atoms with Crippen molar-refractivity contribution in [2.45, 2.75) is 5.51 Å². The summed E-state index contributed by atoms with van der Waals surface area (Å²) in [5.41, 5.74) is -5.08. The summed E-state index contributed by atoms with van der Waals surface area (Å²) < 4.78 is 49.5. The standard InChI is InChI=1S/CF3O2S.Rh/c2-1(3,4)7(5)6;/q-1;. The fourth-order valence-corrected chi connectivity index (χ4v) is 0. The van der Waals surface area contributed by atoms with E-state index in [9.17, 15) is 13.2 Å². The van der Waals surface area contributed by atoms with Crippen LogP contribution in [0.5, 0.6) is 0 Å². The molecule has 0 bridgehead atoms. The van der Waals surface area contributed by atoms with Gasteiger partial charge in [-0.2, -0.15) is 13.2 Å². The Morgan fingerprint density at radius 2 is 1.25 bits per heavy atom. The molecule has 0 aromatic rings.